The quantitative estimate of drug-likeness (QED) is 0.237. The van der Waals surface area contributed by atoms with Crippen LogP contribution >= 0.6 is 0 Å². The molecule has 0 saturated carbocycles. The second-order valence-corrected chi connectivity index (χ2v) is 8.47. The van der Waals surface area contributed by atoms with Gasteiger partial charge in [0.25, 0.3) is 5.91 Å². The summed E-state index contributed by atoms with van der Waals surface area (Å²) in [5.74, 6) is -0.700. The molecule has 0 heterocycles. The van der Waals surface area contributed by atoms with Crippen molar-refractivity contribution in [2.45, 2.75) is 11.8 Å². The molecule has 0 spiro atoms. The molecule has 3 rings (SSSR count). The molecular weight excluding hydrogens is 430 g/mol. The Bertz CT molecular complexity index is 1220. The molecule has 3 aromatic rings. The lowest BCUT2D eigenvalue weighted by Gasteiger charge is -2.07. The molecule has 8 nitrogen and oxygen atoms in total. The van der Waals surface area contributed by atoms with Crippen LogP contribution in [0.3, 0.4) is 0 Å². The van der Waals surface area contributed by atoms with Gasteiger partial charge in [0.15, 0.2) is 0 Å². The van der Waals surface area contributed by atoms with Crippen molar-refractivity contribution in [2.75, 3.05) is 6.54 Å². The molecule has 0 aliphatic heterocycles. The molecule has 0 bridgehead atoms. The van der Waals surface area contributed by atoms with E-state index < -0.39 is 28.4 Å². The van der Waals surface area contributed by atoms with Gasteiger partial charge in [-0.2, -0.15) is 5.10 Å². The van der Waals surface area contributed by atoms with Gasteiger partial charge in [-0.15, -0.1) is 0 Å². The molecule has 32 heavy (non-hydrogen) atoms. The van der Waals surface area contributed by atoms with E-state index in [1.54, 1.807) is 54.6 Å². The fourth-order valence-corrected chi connectivity index (χ4v) is 3.65. The van der Waals surface area contributed by atoms with Crippen molar-refractivity contribution < 1.29 is 22.7 Å². The van der Waals surface area contributed by atoms with E-state index in [2.05, 4.69) is 15.2 Å². The van der Waals surface area contributed by atoms with Crippen LogP contribution in [0.1, 0.15) is 21.5 Å². The van der Waals surface area contributed by atoms with Crippen molar-refractivity contribution in [1.82, 2.24) is 10.1 Å². The summed E-state index contributed by atoms with van der Waals surface area (Å²) in [6.07, 6.45) is 1.39. The molecule has 9 heteroatoms. The van der Waals surface area contributed by atoms with Crippen LogP contribution in [0.5, 0.6) is 5.75 Å². The molecule has 0 aliphatic rings. The molecule has 2 N–H and O–H groups in total. The Kier molecular flexibility index (Phi) is 7.48. The average Bonchev–Trinajstić information content (AvgIpc) is 2.80. The minimum atomic E-state index is -3.77. The summed E-state index contributed by atoms with van der Waals surface area (Å²) in [4.78, 5) is 24.2. The van der Waals surface area contributed by atoms with E-state index in [-0.39, 0.29) is 4.90 Å². The van der Waals surface area contributed by atoms with Gasteiger partial charge >= 0.3 is 5.97 Å². The number of carbonyl (C=O) groups excluding carboxylic acids is 2. The number of ether oxygens (including phenoxy) is 1. The first kappa shape index (κ1) is 22.9. The minimum absolute atomic E-state index is 0.0690. The van der Waals surface area contributed by atoms with Gasteiger partial charge in [-0.05, 0) is 60.5 Å². The number of esters is 1. The number of amides is 1. The molecule has 0 aliphatic carbocycles. The molecular formula is C23H21N3O5S. The number of carbonyl (C=O) groups is 2. The van der Waals surface area contributed by atoms with Gasteiger partial charge < -0.3 is 4.74 Å². The topological polar surface area (TPSA) is 114 Å². The van der Waals surface area contributed by atoms with E-state index in [0.29, 0.717) is 16.9 Å². The third kappa shape index (κ3) is 6.34. The smallest absolute Gasteiger partial charge is 0.343 e. The van der Waals surface area contributed by atoms with Gasteiger partial charge in [0.1, 0.15) is 5.75 Å². The Labute approximate surface area is 186 Å². The summed E-state index contributed by atoms with van der Waals surface area (Å²) < 4.78 is 31.7. The average molecular weight is 452 g/mol. The number of hydrogen-bond donors (Lipinski definition) is 2. The number of nitrogens with one attached hydrogen (secondary N) is 2. The van der Waals surface area contributed by atoms with Crippen molar-refractivity contribution in [3.8, 4) is 5.75 Å². The number of sulfonamides is 1. The van der Waals surface area contributed by atoms with E-state index in [1.165, 1.54) is 18.3 Å². The van der Waals surface area contributed by atoms with E-state index >= 15 is 0 Å². The fraction of sp³-hybridized carbons (Fsp3) is 0.0870. The van der Waals surface area contributed by atoms with Gasteiger partial charge in [-0.25, -0.2) is 23.4 Å². The fourth-order valence-electron chi connectivity index (χ4n) is 2.65. The molecule has 0 saturated heterocycles. The van der Waals surface area contributed by atoms with E-state index in [0.717, 1.165) is 5.56 Å². The highest BCUT2D eigenvalue weighted by atomic mass is 32.2. The summed E-state index contributed by atoms with van der Waals surface area (Å²) in [6.45, 7) is 1.37. The van der Waals surface area contributed by atoms with Crippen LogP contribution in [0.25, 0.3) is 0 Å². The maximum absolute atomic E-state index is 12.2. The second kappa shape index (κ2) is 10.5. The van der Waals surface area contributed by atoms with Gasteiger partial charge in [0, 0.05) is 0 Å². The van der Waals surface area contributed by atoms with Crippen LogP contribution in [0.4, 0.5) is 0 Å². The molecule has 164 valence electrons. The molecule has 0 unspecified atom stereocenters. The lowest BCUT2D eigenvalue weighted by Crippen LogP contribution is -2.34. The van der Waals surface area contributed by atoms with Crippen LogP contribution in [-0.4, -0.2) is 33.1 Å². The van der Waals surface area contributed by atoms with Crippen LogP contribution < -0.4 is 14.9 Å². The standard InChI is InChI=1S/C23H21N3O5S/c1-17-7-5-6-10-21(17)23(28)31-19-13-11-18(12-14-19)15-24-26-22(27)16-25-32(29,30)20-8-3-2-4-9-20/h2-15,25H,16H2,1H3,(H,26,27)/b24-15+. The van der Waals surface area contributed by atoms with Crippen molar-refractivity contribution in [1.29, 1.82) is 0 Å². The maximum atomic E-state index is 12.2. The largest absolute Gasteiger partial charge is 0.423 e. The first-order chi connectivity index (χ1) is 15.3. The second-order valence-electron chi connectivity index (χ2n) is 6.70. The zero-order valence-corrected chi connectivity index (χ0v) is 18.0. The van der Waals surface area contributed by atoms with Crippen molar-refractivity contribution >= 4 is 28.1 Å². The molecule has 0 fully saturated rings. The van der Waals surface area contributed by atoms with Crippen LogP contribution in [0, 0.1) is 6.92 Å². The van der Waals surface area contributed by atoms with Gasteiger partial charge in [0.05, 0.1) is 23.2 Å². The number of nitrogens with zero attached hydrogens (tertiary/aromatic N) is 1. The summed E-state index contributed by atoms with van der Waals surface area (Å²) in [5, 5.41) is 3.80. The highest BCUT2D eigenvalue weighted by Gasteiger charge is 2.14. The summed E-state index contributed by atoms with van der Waals surface area (Å²) in [5.41, 5.74) is 4.20. The highest BCUT2D eigenvalue weighted by Crippen LogP contribution is 2.15. The van der Waals surface area contributed by atoms with Gasteiger partial charge in [-0.3, -0.25) is 4.79 Å². The highest BCUT2D eigenvalue weighted by molar-refractivity contribution is 7.89. The number of aryl methyl sites for hydroxylation is 1. The molecule has 0 radical (unpaired) electrons. The third-order valence-corrected chi connectivity index (χ3v) is 5.75. The Morgan fingerprint density at radius 1 is 0.938 bits per heavy atom. The molecule has 1 amide bonds. The minimum Gasteiger partial charge on any atom is -0.423 e. The maximum Gasteiger partial charge on any atom is 0.343 e. The Morgan fingerprint density at radius 3 is 2.28 bits per heavy atom. The zero-order chi connectivity index (χ0) is 23.0. The Balaban J connectivity index is 1.49. The van der Waals surface area contributed by atoms with Crippen LogP contribution in [0.15, 0.2) is 88.9 Å². The number of benzene rings is 3. The molecule has 0 aromatic heterocycles. The number of hydrazone groups is 1. The zero-order valence-electron chi connectivity index (χ0n) is 17.2. The first-order valence-electron chi connectivity index (χ1n) is 9.60. The first-order valence-corrected chi connectivity index (χ1v) is 11.1. The predicted octanol–water partition coefficient (Wildman–Crippen LogP) is 2.64. The number of rotatable bonds is 8. The normalized spacial score (nSPS) is 11.3. The monoisotopic (exact) mass is 451 g/mol. The summed E-state index contributed by atoms with van der Waals surface area (Å²) in [6, 6.07) is 21.4. The van der Waals surface area contributed by atoms with E-state index in [1.807, 2.05) is 19.1 Å². The van der Waals surface area contributed by atoms with Crippen molar-refractivity contribution in [3.05, 3.63) is 95.6 Å². The summed E-state index contributed by atoms with van der Waals surface area (Å²) >= 11 is 0. The third-order valence-electron chi connectivity index (χ3n) is 4.33. The Hall–Kier alpha value is -3.82. The van der Waals surface area contributed by atoms with E-state index in [4.69, 9.17) is 4.74 Å². The van der Waals surface area contributed by atoms with Crippen LogP contribution in [-0.2, 0) is 14.8 Å². The molecule has 0 atom stereocenters. The van der Waals surface area contributed by atoms with Crippen LogP contribution in [0.2, 0.25) is 0 Å². The lowest BCUT2D eigenvalue weighted by atomic mass is 10.1. The van der Waals surface area contributed by atoms with Gasteiger partial charge in [0.2, 0.25) is 10.0 Å². The Morgan fingerprint density at radius 2 is 1.59 bits per heavy atom. The molecule has 3 aromatic carbocycles. The number of hydrogen-bond acceptors (Lipinski definition) is 6. The van der Waals surface area contributed by atoms with Crippen molar-refractivity contribution in [2.24, 2.45) is 5.10 Å². The summed E-state index contributed by atoms with van der Waals surface area (Å²) in [7, 11) is -3.77. The predicted molar refractivity (Wildman–Crippen MR) is 120 cm³/mol. The van der Waals surface area contributed by atoms with Gasteiger partial charge in [-0.1, -0.05) is 36.4 Å². The lowest BCUT2D eigenvalue weighted by molar-refractivity contribution is -0.119. The van der Waals surface area contributed by atoms with E-state index in [9.17, 15) is 18.0 Å². The van der Waals surface area contributed by atoms with Crippen molar-refractivity contribution in [3.63, 3.8) is 0 Å². The SMILES string of the molecule is Cc1ccccc1C(=O)Oc1ccc(/C=N/NC(=O)CNS(=O)(=O)c2ccccc2)cc1.